The average Bonchev–Trinajstić information content (AvgIpc) is 2.38. The number of hydrogen-bond donors (Lipinski definition) is 0. The van der Waals surface area contributed by atoms with Crippen LogP contribution >= 0.6 is 0 Å². The predicted molar refractivity (Wildman–Crippen MR) is 69.0 cm³/mol. The van der Waals surface area contributed by atoms with Crippen molar-refractivity contribution in [2.45, 2.75) is 79.6 Å². The Bertz CT molecular complexity index is 190. The fraction of sp³-hybridized carbons (Fsp3) is 1.00. The van der Waals surface area contributed by atoms with E-state index >= 15 is 0 Å². The van der Waals surface area contributed by atoms with Crippen LogP contribution in [0.4, 0.5) is 0 Å². The summed E-state index contributed by atoms with van der Waals surface area (Å²) in [6, 6.07) is 0. The molecule has 0 spiro atoms. The molecule has 90 valence electrons. The van der Waals surface area contributed by atoms with Crippen LogP contribution in [0, 0.1) is 16.7 Å². The van der Waals surface area contributed by atoms with Gasteiger partial charge in [-0.15, -0.1) is 0 Å². The summed E-state index contributed by atoms with van der Waals surface area (Å²) >= 11 is 0. The maximum atomic E-state index is 2.46. The van der Waals surface area contributed by atoms with Gasteiger partial charge in [-0.2, -0.15) is 0 Å². The lowest BCUT2D eigenvalue weighted by Gasteiger charge is -2.33. The molecule has 1 unspecified atom stereocenters. The highest BCUT2D eigenvalue weighted by atomic mass is 14.5. The highest BCUT2D eigenvalue weighted by Crippen LogP contribution is 2.54. The fourth-order valence-corrected chi connectivity index (χ4v) is 3.70. The van der Waals surface area contributed by atoms with E-state index < -0.39 is 0 Å². The Morgan fingerprint density at radius 1 is 1.13 bits per heavy atom. The summed E-state index contributed by atoms with van der Waals surface area (Å²) in [5.74, 6) is 0.871. The quantitative estimate of drug-likeness (QED) is 0.568. The van der Waals surface area contributed by atoms with Gasteiger partial charge in [0.1, 0.15) is 0 Å². The van der Waals surface area contributed by atoms with Gasteiger partial charge in [0.25, 0.3) is 0 Å². The first-order valence-corrected chi connectivity index (χ1v) is 6.89. The monoisotopic (exact) mass is 210 g/mol. The molecule has 0 amide bonds. The normalized spacial score (nSPS) is 30.0. The van der Waals surface area contributed by atoms with Gasteiger partial charge in [-0.05, 0) is 48.9 Å². The summed E-state index contributed by atoms with van der Waals surface area (Å²) in [5, 5.41) is 0. The summed E-state index contributed by atoms with van der Waals surface area (Å²) in [6.07, 6.45) is 10.1. The van der Waals surface area contributed by atoms with Crippen LogP contribution in [0.2, 0.25) is 0 Å². The molecule has 1 rings (SSSR count). The molecule has 0 aromatic heterocycles. The number of hydrogen-bond acceptors (Lipinski definition) is 0. The van der Waals surface area contributed by atoms with E-state index in [-0.39, 0.29) is 0 Å². The van der Waals surface area contributed by atoms with Crippen LogP contribution in [-0.2, 0) is 0 Å². The highest BCUT2D eigenvalue weighted by Gasteiger charge is 2.42. The van der Waals surface area contributed by atoms with Crippen LogP contribution in [0.3, 0.4) is 0 Å². The van der Waals surface area contributed by atoms with Crippen molar-refractivity contribution in [2.24, 2.45) is 16.7 Å². The van der Waals surface area contributed by atoms with E-state index in [1.807, 2.05) is 0 Å². The van der Waals surface area contributed by atoms with Gasteiger partial charge in [0.2, 0.25) is 0 Å². The summed E-state index contributed by atoms with van der Waals surface area (Å²) in [5.41, 5.74) is 1.32. The van der Waals surface area contributed by atoms with Crippen molar-refractivity contribution in [3.8, 4) is 0 Å². The van der Waals surface area contributed by atoms with Crippen LogP contribution in [0.5, 0.6) is 0 Å². The van der Waals surface area contributed by atoms with Crippen molar-refractivity contribution in [3.05, 3.63) is 0 Å². The summed E-state index contributed by atoms with van der Waals surface area (Å²) in [4.78, 5) is 0. The smallest absolute Gasteiger partial charge is 0.0290 e. The van der Waals surface area contributed by atoms with Gasteiger partial charge in [0.15, 0.2) is 0 Å². The lowest BCUT2D eigenvalue weighted by atomic mass is 9.73. The molecule has 1 saturated carbocycles. The van der Waals surface area contributed by atoms with Gasteiger partial charge >= 0.3 is 0 Å². The molecule has 0 radical (unpaired) electrons. The Morgan fingerprint density at radius 3 is 2.20 bits per heavy atom. The largest absolute Gasteiger partial charge is 0.0654 e. The van der Waals surface area contributed by atoms with Gasteiger partial charge in [-0.1, -0.05) is 47.5 Å². The molecule has 0 bridgehead atoms. The Hall–Kier alpha value is 0. The van der Waals surface area contributed by atoms with Crippen LogP contribution in [0.25, 0.3) is 0 Å². The zero-order valence-electron chi connectivity index (χ0n) is 11.5. The maximum absolute atomic E-state index is 2.46. The van der Waals surface area contributed by atoms with Crippen LogP contribution in [0.1, 0.15) is 79.6 Å². The van der Waals surface area contributed by atoms with Gasteiger partial charge < -0.3 is 0 Å². The average molecular weight is 210 g/mol. The molecule has 0 aliphatic heterocycles. The lowest BCUT2D eigenvalue weighted by Crippen LogP contribution is -2.21. The summed E-state index contributed by atoms with van der Waals surface area (Å²) in [7, 11) is 0. The second-order valence-electron chi connectivity index (χ2n) is 7.04. The van der Waals surface area contributed by atoms with Crippen LogP contribution in [0.15, 0.2) is 0 Å². The maximum Gasteiger partial charge on any atom is -0.0290 e. The minimum atomic E-state index is 0.614. The lowest BCUT2D eigenvalue weighted by molar-refractivity contribution is 0.185. The minimum absolute atomic E-state index is 0.614. The van der Waals surface area contributed by atoms with E-state index in [0.29, 0.717) is 10.8 Å². The Labute approximate surface area is 96.8 Å². The molecule has 0 heterocycles. The zero-order valence-corrected chi connectivity index (χ0v) is 11.5. The predicted octanol–water partition coefficient (Wildman–Crippen LogP) is 5.42. The Balaban J connectivity index is 2.62. The molecule has 0 nitrogen and oxygen atoms in total. The standard InChI is InChI=1S/C15H30/c1-6-7-8-15(11-13(2)3)10-9-14(4,5)12-15/h13H,6-12H2,1-5H3. The molecule has 1 aliphatic carbocycles. The summed E-state index contributed by atoms with van der Waals surface area (Å²) < 4.78 is 0. The number of rotatable bonds is 5. The van der Waals surface area contributed by atoms with Crippen molar-refractivity contribution in [2.75, 3.05) is 0 Å². The first kappa shape index (κ1) is 13.1. The second kappa shape index (κ2) is 4.89. The van der Waals surface area contributed by atoms with E-state index in [1.54, 1.807) is 0 Å². The molecular formula is C15H30. The van der Waals surface area contributed by atoms with E-state index in [0.717, 1.165) is 5.92 Å². The first-order valence-electron chi connectivity index (χ1n) is 6.89. The second-order valence-corrected chi connectivity index (χ2v) is 7.04. The van der Waals surface area contributed by atoms with Crippen LogP contribution < -0.4 is 0 Å². The van der Waals surface area contributed by atoms with Gasteiger partial charge in [0.05, 0.1) is 0 Å². The van der Waals surface area contributed by atoms with E-state index in [2.05, 4.69) is 34.6 Å². The minimum Gasteiger partial charge on any atom is -0.0654 e. The Morgan fingerprint density at radius 2 is 1.80 bits per heavy atom. The van der Waals surface area contributed by atoms with Crippen molar-refractivity contribution >= 4 is 0 Å². The zero-order chi connectivity index (χ0) is 11.5. The highest BCUT2D eigenvalue weighted by molar-refractivity contribution is 4.93. The van der Waals surface area contributed by atoms with Gasteiger partial charge in [-0.25, -0.2) is 0 Å². The van der Waals surface area contributed by atoms with Crippen molar-refractivity contribution in [1.29, 1.82) is 0 Å². The third kappa shape index (κ3) is 3.81. The molecule has 0 aromatic carbocycles. The molecule has 1 fully saturated rings. The molecule has 0 saturated heterocycles. The molecular weight excluding hydrogens is 180 g/mol. The molecule has 0 N–H and O–H groups in total. The number of unbranched alkanes of at least 4 members (excludes halogenated alkanes) is 1. The third-order valence-corrected chi connectivity index (χ3v) is 4.09. The van der Waals surface area contributed by atoms with Crippen molar-refractivity contribution in [1.82, 2.24) is 0 Å². The summed E-state index contributed by atoms with van der Waals surface area (Å²) in [6.45, 7) is 12.0. The third-order valence-electron chi connectivity index (χ3n) is 4.09. The molecule has 1 aliphatic rings. The first-order chi connectivity index (χ1) is 6.89. The van der Waals surface area contributed by atoms with Crippen LogP contribution in [-0.4, -0.2) is 0 Å². The van der Waals surface area contributed by atoms with Gasteiger partial charge in [-0.3, -0.25) is 0 Å². The molecule has 0 aromatic rings. The Kier molecular flexibility index (Phi) is 4.26. The van der Waals surface area contributed by atoms with Crippen molar-refractivity contribution in [3.63, 3.8) is 0 Å². The van der Waals surface area contributed by atoms with E-state index in [9.17, 15) is 0 Å². The SMILES string of the molecule is CCCCC1(CC(C)C)CCC(C)(C)C1. The van der Waals surface area contributed by atoms with E-state index in [4.69, 9.17) is 0 Å². The molecule has 1 atom stereocenters. The molecule has 0 heteroatoms. The fourth-order valence-electron chi connectivity index (χ4n) is 3.70. The topological polar surface area (TPSA) is 0 Å². The van der Waals surface area contributed by atoms with E-state index in [1.165, 1.54) is 44.9 Å². The van der Waals surface area contributed by atoms with Gasteiger partial charge in [0, 0.05) is 0 Å². The molecule has 15 heavy (non-hydrogen) atoms. The van der Waals surface area contributed by atoms with Crippen molar-refractivity contribution < 1.29 is 0 Å².